The van der Waals surface area contributed by atoms with Gasteiger partial charge in [0.2, 0.25) is 0 Å². The zero-order chi connectivity index (χ0) is 23.3. The van der Waals surface area contributed by atoms with E-state index in [-0.39, 0.29) is 23.7 Å². The number of rotatable bonds is 7. The van der Waals surface area contributed by atoms with E-state index < -0.39 is 43.7 Å². The molecule has 0 amide bonds. The molecule has 0 spiro atoms. The van der Waals surface area contributed by atoms with Gasteiger partial charge in [-0.2, -0.15) is 26.3 Å². The first-order chi connectivity index (χ1) is 15.4. The maximum Gasteiger partial charge on any atom is 0.432 e. The Labute approximate surface area is 195 Å². The summed E-state index contributed by atoms with van der Waals surface area (Å²) in [6.07, 6.45) is 9.41. The van der Waals surface area contributed by atoms with Gasteiger partial charge in [0.15, 0.2) is 0 Å². The van der Waals surface area contributed by atoms with E-state index in [0.29, 0.717) is 23.7 Å². The second-order valence-electron chi connectivity index (χ2n) is 11.8. The lowest BCUT2D eigenvalue weighted by atomic mass is 9.54. The molecule has 8 aliphatic rings. The van der Waals surface area contributed by atoms with Gasteiger partial charge in [0.05, 0.1) is 0 Å². The van der Waals surface area contributed by atoms with Crippen molar-refractivity contribution < 1.29 is 31.2 Å². The smallest absolute Gasteiger partial charge is 0.311 e. The summed E-state index contributed by atoms with van der Waals surface area (Å²) in [6, 6.07) is -0.957. The highest BCUT2D eigenvalue weighted by atomic mass is 32.3. The van der Waals surface area contributed by atoms with Crippen molar-refractivity contribution in [3.63, 3.8) is 0 Å². The lowest BCUT2D eigenvalue weighted by molar-refractivity contribution is -0.00636. The Morgan fingerprint density at radius 2 is 0.848 bits per heavy atom. The van der Waals surface area contributed by atoms with Crippen LogP contribution in [0.2, 0.25) is 0 Å². The van der Waals surface area contributed by atoms with Gasteiger partial charge >= 0.3 is 28.2 Å². The van der Waals surface area contributed by atoms with E-state index in [0.717, 1.165) is 51.4 Å². The van der Waals surface area contributed by atoms with E-state index in [1.165, 1.54) is 12.8 Å². The minimum absolute atomic E-state index is 0.0923. The molecule has 0 atom stereocenters. The molecule has 0 heterocycles. The monoisotopic (exact) mass is 523 g/mol. The predicted octanol–water partition coefficient (Wildman–Crippen LogP) is 1.70. The Kier molecular flexibility index (Phi) is 5.45. The second-order valence-corrected chi connectivity index (χ2v) is 17.2. The fourth-order valence-electron chi connectivity index (χ4n) is 9.08. The minimum Gasteiger partial charge on any atom is -0.311 e. The molecule has 33 heavy (non-hydrogen) atoms. The van der Waals surface area contributed by atoms with Crippen LogP contribution in [-0.4, -0.2) is 42.2 Å². The standard InChI is InChI=1S/C20H34N3O7PS2/c24-31(25,26)23(32(27,28)21-19-15-3-11-1-12(5-15)6-16(19)4-11)33(29,30)22-20-17-7-13-2-14(9-17)10-18(20)8-13/h11-22H,1-10H2,(H2,24,25,26). The summed E-state index contributed by atoms with van der Waals surface area (Å²) < 4.78 is 69.7. The average molecular weight is 524 g/mol. The molecule has 8 saturated carbocycles. The van der Waals surface area contributed by atoms with Crippen LogP contribution in [0.25, 0.3) is 0 Å². The molecule has 13 heteroatoms. The van der Waals surface area contributed by atoms with Crippen LogP contribution < -0.4 is 9.44 Å². The van der Waals surface area contributed by atoms with Crippen molar-refractivity contribution in [2.24, 2.45) is 47.3 Å². The molecule has 0 aromatic heterocycles. The molecule has 8 bridgehead atoms. The first kappa shape index (κ1) is 23.3. The van der Waals surface area contributed by atoms with Crippen molar-refractivity contribution in [1.82, 2.24) is 12.9 Å². The van der Waals surface area contributed by atoms with E-state index in [1.54, 1.807) is 0 Å². The van der Waals surface area contributed by atoms with Gasteiger partial charge in [-0.05, 0) is 112 Å². The number of nitrogens with zero attached hydrogens (tertiary/aromatic N) is 1. The summed E-state index contributed by atoms with van der Waals surface area (Å²) in [7, 11) is -15.7. The van der Waals surface area contributed by atoms with E-state index in [2.05, 4.69) is 9.44 Å². The molecule has 8 aliphatic carbocycles. The highest BCUT2D eigenvalue weighted by Gasteiger charge is 2.56. The molecule has 8 rings (SSSR count). The van der Waals surface area contributed by atoms with Gasteiger partial charge in [0, 0.05) is 15.6 Å². The third-order valence-electron chi connectivity index (χ3n) is 9.65. The Morgan fingerprint density at radius 3 is 1.09 bits per heavy atom. The van der Waals surface area contributed by atoms with Crippen LogP contribution in [-0.2, 0) is 25.0 Å². The van der Waals surface area contributed by atoms with Gasteiger partial charge in [0.25, 0.3) is 0 Å². The van der Waals surface area contributed by atoms with Crippen LogP contribution >= 0.6 is 7.75 Å². The average Bonchev–Trinajstić information content (AvgIpc) is 2.64. The third-order valence-corrected chi connectivity index (χ3v) is 15.8. The number of hydrogen-bond acceptors (Lipinski definition) is 5. The summed E-state index contributed by atoms with van der Waals surface area (Å²) in [5.74, 6) is 2.68. The fraction of sp³-hybridized carbons (Fsp3) is 1.00. The van der Waals surface area contributed by atoms with Crippen LogP contribution in [0.3, 0.4) is 0 Å². The molecule has 0 aliphatic heterocycles. The van der Waals surface area contributed by atoms with Crippen LogP contribution in [0.5, 0.6) is 0 Å². The lowest BCUT2D eigenvalue weighted by Crippen LogP contribution is -2.61. The zero-order valence-corrected chi connectivity index (χ0v) is 21.0. The van der Waals surface area contributed by atoms with Gasteiger partial charge in [0.1, 0.15) is 0 Å². The van der Waals surface area contributed by atoms with Gasteiger partial charge in [-0.3, -0.25) is 0 Å². The zero-order valence-electron chi connectivity index (χ0n) is 18.5. The van der Waals surface area contributed by atoms with Crippen LogP contribution in [0.1, 0.15) is 64.2 Å². The van der Waals surface area contributed by atoms with Crippen molar-refractivity contribution in [2.75, 3.05) is 0 Å². The van der Waals surface area contributed by atoms with E-state index in [1.807, 2.05) is 0 Å². The van der Waals surface area contributed by atoms with Crippen LogP contribution in [0.4, 0.5) is 0 Å². The van der Waals surface area contributed by atoms with Crippen molar-refractivity contribution in [1.29, 1.82) is 0 Å². The largest absolute Gasteiger partial charge is 0.432 e. The van der Waals surface area contributed by atoms with Crippen molar-refractivity contribution in [3.05, 3.63) is 0 Å². The van der Waals surface area contributed by atoms with E-state index >= 15 is 0 Å². The molecule has 0 saturated heterocycles. The molecule has 0 radical (unpaired) electrons. The maximum atomic E-state index is 13.3. The van der Waals surface area contributed by atoms with Gasteiger partial charge in [-0.1, -0.05) is 0 Å². The fourth-order valence-corrected chi connectivity index (χ4v) is 14.5. The SMILES string of the molecule is O=P(O)(O)N(S(=O)(=O)NC1C2CC3CC(C2)CC1C3)S(=O)(=O)NC1C2CC3CC(C2)CC1C3. The second kappa shape index (κ2) is 7.71. The molecule has 188 valence electrons. The van der Waals surface area contributed by atoms with Crippen molar-refractivity contribution >= 4 is 28.2 Å². The number of nitrogens with one attached hydrogen (secondary N) is 2. The Morgan fingerprint density at radius 1 is 0.576 bits per heavy atom. The number of hydrogen-bond donors (Lipinski definition) is 4. The Balaban J connectivity index is 1.25. The molecular weight excluding hydrogens is 489 g/mol. The Bertz CT molecular complexity index is 945. The molecule has 0 aromatic carbocycles. The van der Waals surface area contributed by atoms with E-state index in [4.69, 9.17) is 0 Å². The molecular formula is C20H34N3O7PS2. The third kappa shape index (κ3) is 4.06. The van der Waals surface area contributed by atoms with E-state index in [9.17, 15) is 31.2 Å². The highest BCUT2D eigenvalue weighted by Crippen LogP contribution is 2.56. The Hall–Kier alpha value is -0.0700. The van der Waals surface area contributed by atoms with Crippen molar-refractivity contribution in [2.45, 2.75) is 76.3 Å². The first-order valence-electron chi connectivity index (χ1n) is 12.3. The maximum absolute atomic E-state index is 13.3. The quantitative estimate of drug-likeness (QED) is 0.371. The molecule has 8 fully saturated rings. The highest BCUT2D eigenvalue weighted by molar-refractivity contribution is 8.08. The summed E-state index contributed by atoms with van der Waals surface area (Å²) in [5, 5.41) is 0. The van der Waals surface area contributed by atoms with Crippen LogP contribution in [0.15, 0.2) is 0 Å². The molecule has 4 N–H and O–H groups in total. The van der Waals surface area contributed by atoms with Crippen molar-refractivity contribution in [3.8, 4) is 0 Å². The molecule has 0 aromatic rings. The molecule has 10 nitrogen and oxygen atoms in total. The predicted molar refractivity (Wildman–Crippen MR) is 120 cm³/mol. The molecule has 0 unspecified atom stereocenters. The summed E-state index contributed by atoms with van der Waals surface area (Å²) in [6.45, 7) is 0. The summed E-state index contributed by atoms with van der Waals surface area (Å²) >= 11 is 0. The first-order valence-corrected chi connectivity index (χ1v) is 16.7. The van der Waals surface area contributed by atoms with Gasteiger partial charge in [-0.25, -0.2) is 4.57 Å². The summed E-state index contributed by atoms with van der Waals surface area (Å²) in [4.78, 5) is 19.8. The summed E-state index contributed by atoms with van der Waals surface area (Å²) in [5.41, 5.74) is 0. The normalized spacial score (nSPS) is 46.4. The van der Waals surface area contributed by atoms with Gasteiger partial charge < -0.3 is 9.79 Å². The minimum atomic E-state index is -5.69. The van der Waals surface area contributed by atoms with Crippen LogP contribution in [0, 0.1) is 47.3 Å². The topological polar surface area (TPSA) is 153 Å². The lowest BCUT2D eigenvalue weighted by Gasteiger charge is -2.54. The van der Waals surface area contributed by atoms with Gasteiger partial charge in [-0.15, -0.1) is 0 Å².